The lowest BCUT2D eigenvalue weighted by atomic mass is 10.0. The zero-order chi connectivity index (χ0) is 13.2. The first-order chi connectivity index (χ1) is 9.25. The highest BCUT2D eigenvalue weighted by Gasteiger charge is 2.30. The number of likely N-dealkylation sites (tertiary alicyclic amines) is 1. The number of aromatic nitrogens is 2. The van der Waals surface area contributed by atoms with E-state index < -0.39 is 0 Å². The molecule has 1 aliphatic rings. The van der Waals surface area contributed by atoms with Gasteiger partial charge in [0.25, 0.3) is 0 Å². The van der Waals surface area contributed by atoms with Crippen LogP contribution in [0.15, 0.2) is 29.0 Å². The van der Waals surface area contributed by atoms with Crippen LogP contribution in [0, 0.1) is 13.8 Å². The lowest BCUT2D eigenvalue weighted by molar-refractivity contribution is 0.245. The molecule has 3 heterocycles. The Kier molecular flexibility index (Phi) is 3.34. The molecule has 0 bridgehead atoms. The first kappa shape index (κ1) is 12.4. The quantitative estimate of drug-likeness (QED) is 0.847. The molecule has 0 aromatic carbocycles. The molecule has 0 aliphatic carbocycles. The van der Waals surface area contributed by atoms with E-state index in [0.29, 0.717) is 6.04 Å². The van der Waals surface area contributed by atoms with E-state index in [4.69, 9.17) is 4.52 Å². The van der Waals surface area contributed by atoms with Gasteiger partial charge in [0.15, 0.2) is 0 Å². The Morgan fingerprint density at radius 1 is 1.42 bits per heavy atom. The molecule has 3 rings (SSSR count). The van der Waals surface area contributed by atoms with Crippen LogP contribution in [0.3, 0.4) is 0 Å². The third-order valence-corrected chi connectivity index (χ3v) is 3.89. The number of nitrogens with zero attached hydrogens (tertiary/aromatic N) is 3. The van der Waals surface area contributed by atoms with E-state index in [1.807, 2.05) is 32.3 Å². The molecule has 0 amide bonds. The van der Waals surface area contributed by atoms with Crippen molar-refractivity contribution in [1.82, 2.24) is 15.0 Å². The third kappa shape index (κ3) is 2.40. The molecule has 19 heavy (non-hydrogen) atoms. The summed E-state index contributed by atoms with van der Waals surface area (Å²) in [5, 5.41) is 4.09. The molecule has 2 aromatic heterocycles. The summed E-state index contributed by atoms with van der Waals surface area (Å²) in [6, 6.07) is 4.57. The Morgan fingerprint density at radius 2 is 2.32 bits per heavy atom. The highest BCUT2D eigenvalue weighted by atomic mass is 16.5. The van der Waals surface area contributed by atoms with Gasteiger partial charge in [-0.1, -0.05) is 11.2 Å². The van der Waals surface area contributed by atoms with Crippen molar-refractivity contribution in [3.05, 3.63) is 47.1 Å². The largest absolute Gasteiger partial charge is 0.361 e. The van der Waals surface area contributed by atoms with Crippen LogP contribution in [0.1, 0.15) is 41.5 Å². The van der Waals surface area contributed by atoms with Gasteiger partial charge in [0, 0.05) is 30.5 Å². The van der Waals surface area contributed by atoms with Crippen molar-refractivity contribution in [2.24, 2.45) is 0 Å². The molecule has 1 saturated heterocycles. The van der Waals surface area contributed by atoms with Gasteiger partial charge in [-0.15, -0.1) is 0 Å². The fraction of sp³-hybridized carbons (Fsp3) is 0.467. The third-order valence-electron chi connectivity index (χ3n) is 3.89. The smallest absolute Gasteiger partial charge is 0.138 e. The van der Waals surface area contributed by atoms with Crippen LogP contribution in [0.2, 0.25) is 0 Å². The second-order valence-electron chi connectivity index (χ2n) is 5.23. The molecule has 0 N–H and O–H groups in total. The van der Waals surface area contributed by atoms with E-state index in [-0.39, 0.29) is 0 Å². The maximum atomic E-state index is 5.32. The van der Waals surface area contributed by atoms with Crippen LogP contribution in [0.5, 0.6) is 0 Å². The van der Waals surface area contributed by atoms with Gasteiger partial charge in [0.2, 0.25) is 0 Å². The lowest BCUT2D eigenvalue weighted by Crippen LogP contribution is -2.23. The minimum Gasteiger partial charge on any atom is -0.361 e. The zero-order valence-corrected chi connectivity index (χ0v) is 11.5. The topological polar surface area (TPSA) is 42.2 Å². The fourth-order valence-electron chi connectivity index (χ4n) is 3.03. The summed E-state index contributed by atoms with van der Waals surface area (Å²) in [5.41, 5.74) is 3.57. The Hall–Kier alpha value is -1.68. The van der Waals surface area contributed by atoms with Crippen molar-refractivity contribution in [3.8, 4) is 0 Å². The molecule has 4 heteroatoms. The van der Waals surface area contributed by atoms with E-state index in [0.717, 1.165) is 24.5 Å². The lowest BCUT2D eigenvalue weighted by Gasteiger charge is -2.24. The maximum Gasteiger partial charge on any atom is 0.138 e. The van der Waals surface area contributed by atoms with Gasteiger partial charge in [-0.25, -0.2) is 0 Å². The summed E-state index contributed by atoms with van der Waals surface area (Å²) in [5.74, 6) is 0.959. The molecule has 1 fully saturated rings. The van der Waals surface area contributed by atoms with Gasteiger partial charge in [-0.3, -0.25) is 9.88 Å². The number of aryl methyl sites for hydroxylation is 2. The summed E-state index contributed by atoms with van der Waals surface area (Å²) in [6.45, 7) is 6.12. The molecular weight excluding hydrogens is 238 g/mol. The summed E-state index contributed by atoms with van der Waals surface area (Å²) in [6.07, 6.45) is 6.18. The molecule has 1 atom stereocenters. The van der Waals surface area contributed by atoms with Crippen LogP contribution in [0.25, 0.3) is 0 Å². The van der Waals surface area contributed by atoms with E-state index in [1.165, 1.54) is 24.0 Å². The van der Waals surface area contributed by atoms with Gasteiger partial charge in [0.05, 0.1) is 5.69 Å². The average Bonchev–Trinajstić information content (AvgIpc) is 2.98. The predicted octanol–water partition coefficient (Wildman–Crippen LogP) is 3.02. The van der Waals surface area contributed by atoms with Crippen LogP contribution in [0.4, 0.5) is 0 Å². The summed E-state index contributed by atoms with van der Waals surface area (Å²) < 4.78 is 5.32. The van der Waals surface area contributed by atoms with Crippen molar-refractivity contribution in [2.75, 3.05) is 6.54 Å². The van der Waals surface area contributed by atoms with Crippen LogP contribution in [-0.4, -0.2) is 21.6 Å². The number of hydrogen-bond donors (Lipinski definition) is 0. The highest BCUT2D eigenvalue weighted by Crippen LogP contribution is 2.36. The van der Waals surface area contributed by atoms with Crippen molar-refractivity contribution in [1.29, 1.82) is 0 Å². The van der Waals surface area contributed by atoms with Crippen LogP contribution >= 0.6 is 0 Å². The normalized spacial score (nSPS) is 20.0. The minimum atomic E-state index is 0.437. The van der Waals surface area contributed by atoms with Gasteiger partial charge >= 0.3 is 0 Å². The summed E-state index contributed by atoms with van der Waals surface area (Å²) >= 11 is 0. The Balaban J connectivity index is 1.82. The minimum absolute atomic E-state index is 0.437. The molecule has 1 aliphatic heterocycles. The second kappa shape index (κ2) is 5.13. The van der Waals surface area contributed by atoms with Crippen molar-refractivity contribution in [3.63, 3.8) is 0 Å². The van der Waals surface area contributed by atoms with Gasteiger partial charge in [-0.2, -0.15) is 0 Å². The number of pyridine rings is 1. The molecular formula is C15H19N3O. The Labute approximate surface area is 113 Å². The van der Waals surface area contributed by atoms with Crippen molar-refractivity contribution in [2.45, 2.75) is 39.3 Å². The van der Waals surface area contributed by atoms with E-state index in [1.54, 1.807) is 0 Å². The van der Waals surface area contributed by atoms with Crippen molar-refractivity contribution < 1.29 is 4.52 Å². The van der Waals surface area contributed by atoms with Gasteiger partial charge in [-0.05, 0) is 44.9 Å². The number of hydrogen-bond acceptors (Lipinski definition) is 4. The van der Waals surface area contributed by atoms with Gasteiger partial charge < -0.3 is 4.52 Å². The molecule has 4 nitrogen and oxygen atoms in total. The standard InChI is InChI=1S/C15H19N3O/c1-11-15(12(2)19-17-11)14-6-4-8-18(14)10-13-5-3-7-16-9-13/h3,5,7,9,14H,4,6,8,10H2,1-2H3. The van der Waals surface area contributed by atoms with Crippen LogP contribution < -0.4 is 0 Å². The molecule has 0 spiro atoms. The fourth-order valence-corrected chi connectivity index (χ4v) is 3.03. The van der Waals surface area contributed by atoms with E-state index >= 15 is 0 Å². The number of rotatable bonds is 3. The zero-order valence-electron chi connectivity index (χ0n) is 11.5. The summed E-state index contributed by atoms with van der Waals surface area (Å²) in [7, 11) is 0. The predicted molar refractivity (Wildman–Crippen MR) is 72.6 cm³/mol. The molecule has 0 radical (unpaired) electrons. The van der Waals surface area contributed by atoms with E-state index in [2.05, 4.69) is 21.1 Å². The monoisotopic (exact) mass is 257 g/mol. The second-order valence-corrected chi connectivity index (χ2v) is 5.23. The molecule has 0 saturated carbocycles. The molecule has 2 aromatic rings. The maximum absolute atomic E-state index is 5.32. The highest BCUT2D eigenvalue weighted by molar-refractivity contribution is 5.26. The van der Waals surface area contributed by atoms with Crippen molar-refractivity contribution >= 4 is 0 Å². The average molecular weight is 257 g/mol. The summed E-state index contributed by atoms with van der Waals surface area (Å²) in [4.78, 5) is 6.70. The first-order valence-corrected chi connectivity index (χ1v) is 6.81. The Bertz CT molecular complexity index is 530. The molecule has 100 valence electrons. The van der Waals surface area contributed by atoms with Gasteiger partial charge in [0.1, 0.15) is 5.76 Å². The Morgan fingerprint density at radius 3 is 3.00 bits per heavy atom. The van der Waals surface area contributed by atoms with Crippen LogP contribution in [-0.2, 0) is 6.54 Å². The molecule has 1 unspecified atom stereocenters. The SMILES string of the molecule is Cc1noc(C)c1C1CCCN1Cc1cccnc1. The van der Waals surface area contributed by atoms with E-state index in [9.17, 15) is 0 Å². The first-order valence-electron chi connectivity index (χ1n) is 6.81.